The number of carbonyl (C=O) groups excluding carboxylic acids is 2. The van der Waals surface area contributed by atoms with Gasteiger partial charge in [-0.05, 0) is 35.7 Å². The Balaban J connectivity index is 1.63. The third kappa shape index (κ3) is 5.78. The predicted octanol–water partition coefficient (Wildman–Crippen LogP) is 3.82. The van der Waals surface area contributed by atoms with Gasteiger partial charge in [0.15, 0.2) is 6.61 Å². The lowest BCUT2D eigenvalue weighted by Crippen LogP contribution is -2.33. The van der Waals surface area contributed by atoms with Crippen molar-refractivity contribution >= 4 is 11.9 Å². The van der Waals surface area contributed by atoms with E-state index in [9.17, 15) is 9.59 Å². The molecule has 3 aromatic carbocycles. The number of nitrogens with one attached hydrogen (secondary N) is 1. The first-order valence-electron chi connectivity index (χ1n) is 9.21. The molecular formula is C24H20N2O3. The Morgan fingerprint density at radius 3 is 2.31 bits per heavy atom. The third-order valence-electron chi connectivity index (χ3n) is 4.38. The van der Waals surface area contributed by atoms with Gasteiger partial charge in [-0.2, -0.15) is 5.26 Å². The standard InChI is InChI=1S/C24H20N2O3/c25-16-19-10-7-13-21(14-19)24(28)29-17-23(27)26-22(20-11-5-2-6-12-20)15-18-8-3-1-4-9-18/h1-14,22H,15,17H2,(H,26,27). The van der Waals surface area contributed by atoms with Crippen molar-refractivity contribution in [3.05, 3.63) is 107 Å². The Labute approximate surface area is 169 Å². The Morgan fingerprint density at radius 1 is 0.931 bits per heavy atom. The van der Waals surface area contributed by atoms with Crippen LogP contribution in [0.5, 0.6) is 0 Å². The molecule has 5 heteroatoms. The van der Waals surface area contributed by atoms with Crippen molar-refractivity contribution in [1.29, 1.82) is 5.26 Å². The number of benzene rings is 3. The van der Waals surface area contributed by atoms with Crippen molar-refractivity contribution in [2.24, 2.45) is 0 Å². The van der Waals surface area contributed by atoms with Crippen LogP contribution in [0.25, 0.3) is 0 Å². The Morgan fingerprint density at radius 2 is 1.62 bits per heavy atom. The first kappa shape index (κ1) is 19.8. The predicted molar refractivity (Wildman–Crippen MR) is 109 cm³/mol. The molecule has 0 radical (unpaired) electrons. The largest absolute Gasteiger partial charge is 0.452 e. The van der Waals surface area contributed by atoms with Gasteiger partial charge in [-0.15, -0.1) is 0 Å². The van der Waals surface area contributed by atoms with E-state index in [0.29, 0.717) is 12.0 Å². The van der Waals surface area contributed by atoms with Crippen molar-refractivity contribution < 1.29 is 14.3 Å². The van der Waals surface area contributed by atoms with Crippen LogP contribution in [0.1, 0.15) is 33.1 Å². The fraction of sp³-hybridized carbons (Fsp3) is 0.125. The summed E-state index contributed by atoms with van der Waals surface area (Å²) < 4.78 is 5.12. The van der Waals surface area contributed by atoms with Gasteiger partial charge in [0.2, 0.25) is 0 Å². The molecule has 0 saturated heterocycles. The summed E-state index contributed by atoms with van der Waals surface area (Å²) in [5, 5.41) is 11.9. The molecule has 29 heavy (non-hydrogen) atoms. The van der Waals surface area contributed by atoms with Crippen molar-refractivity contribution in [3.63, 3.8) is 0 Å². The van der Waals surface area contributed by atoms with Gasteiger partial charge in [0, 0.05) is 0 Å². The minimum atomic E-state index is -0.642. The number of nitrogens with zero attached hydrogens (tertiary/aromatic N) is 1. The number of carbonyl (C=O) groups is 2. The SMILES string of the molecule is N#Cc1cccc(C(=O)OCC(=O)NC(Cc2ccccc2)c2ccccc2)c1. The summed E-state index contributed by atoms with van der Waals surface area (Å²) >= 11 is 0. The zero-order valence-electron chi connectivity index (χ0n) is 15.7. The highest BCUT2D eigenvalue weighted by molar-refractivity contribution is 5.91. The molecule has 1 amide bonds. The van der Waals surface area contributed by atoms with Gasteiger partial charge >= 0.3 is 5.97 Å². The van der Waals surface area contributed by atoms with Crippen LogP contribution in [0.2, 0.25) is 0 Å². The van der Waals surface area contributed by atoms with Crippen LogP contribution in [-0.4, -0.2) is 18.5 Å². The molecule has 5 nitrogen and oxygen atoms in total. The molecule has 3 aromatic rings. The number of rotatable bonds is 7. The molecule has 0 aliphatic rings. The topological polar surface area (TPSA) is 79.2 Å². The molecule has 0 heterocycles. The van der Waals surface area contributed by atoms with Crippen molar-refractivity contribution in [2.75, 3.05) is 6.61 Å². The van der Waals surface area contributed by atoms with Crippen molar-refractivity contribution in [3.8, 4) is 6.07 Å². The van der Waals surface area contributed by atoms with Gasteiger partial charge in [-0.25, -0.2) is 4.79 Å². The third-order valence-corrected chi connectivity index (χ3v) is 4.38. The lowest BCUT2D eigenvalue weighted by atomic mass is 9.99. The van der Waals surface area contributed by atoms with Crippen LogP contribution >= 0.6 is 0 Å². The Bertz CT molecular complexity index is 1010. The molecule has 0 spiro atoms. The maximum Gasteiger partial charge on any atom is 0.338 e. The monoisotopic (exact) mass is 384 g/mol. The molecule has 0 aliphatic heterocycles. The first-order valence-corrected chi connectivity index (χ1v) is 9.21. The molecule has 0 aliphatic carbocycles. The molecule has 1 atom stereocenters. The van der Waals surface area contributed by atoms with Gasteiger partial charge in [-0.1, -0.05) is 66.7 Å². The Kier molecular flexibility index (Phi) is 6.75. The summed E-state index contributed by atoms with van der Waals surface area (Å²) in [5.74, 6) is -1.03. The van der Waals surface area contributed by atoms with E-state index in [0.717, 1.165) is 11.1 Å². The summed E-state index contributed by atoms with van der Waals surface area (Å²) in [6.45, 7) is -0.395. The number of hydrogen-bond donors (Lipinski definition) is 1. The Hall–Kier alpha value is -3.91. The lowest BCUT2D eigenvalue weighted by Gasteiger charge is -2.19. The fourth-order valence-corrected chi connectivity index (χ4v) is 2.95. The van der Waals surface area contributed by atoms with Crippen molar-refractivity contribution in [2.45, 2.75) is 12.5 Å². The molecule has 0 bridgehead atoms. The normalized spacial score (nSPS) is 11.1. The van der Waals surface area contributed by atoms with E-state index in [1.165, 1.54) is 6.07 Å². The van der Waals surface area contributed by atoms with E-state index in [4.69, 9.17) is 10.00 Å². The average molecular weight is 384 g/mol. The summed E-state index contributed by atoms with van der Waals surface area (Å²) in [7, 11) is 0. The zero-order chi connectivity index (χ0) is 20.5. The van der Waals surface area contributed by atoms with Crippen LogP contribution < -0.4 is 5.32 Å². The van der Waals surface area contributed by atoms with Crippen LogP contribution in [0.15, 0.2) is 84.9 Å². The van der Waals surface area contributed by atoms with Crippen molar-refractivity contribution in [1.82, 2.24) is 5.32 Å². The second kappa shape index (κ2) is 9.86. The highest BCUT2D eigenvalue weighted by atomic mass is 16.5. The summed E-state index contributed by atoms with van der Waals surface area (Å²) in [5.41, 5.74) is 2.65. The van der Waals surface area contributed by atoms with Crippen LogP contribution in [-0.2, 0) is 16.0 Å². The molecule has 3 rings (SSSR count). The van der Waals surface area contributed by atoms with Crippen LogP contribution in [0, 0.1) is 11.3 Å². The van der Waals surface area contributed by atoms with E-state index < -0.39 is 12.6 Å². The fourth-order valence-electron chi connectivity index (χ4n) is 2.95. The maximum atomic E-state index is 12.4. The second-order valence-electron chi connectivity index (χ2n) is 6.49. The van der Waals surface area contributed by atoms with Gasteiger partial charge in [0.25, 0.3) is 5.91 Å². The van der Waals surface area contributed by atoms with E-state index in [1.807, 2.05) is 66.7 Å². The number of nitriles is 1. The van der Waals surface area contributed by atoms with Gasteiger partial charge < -0.3 is 10.1 Å². The molecule has 1 N–H and O–H groups in total. The number of amides is 1. The van der Waals surface area contributed by atoms with E-state index in [2.05, 4.69) is 5.32 Å². The quantitative estimate of drug-likeness (QED) is 0.628. The van der Waals surface area contributed by atoms with E-state index in [-0.39, 0.29) is 17.5 Å². The number of ether oxygens (including phenoxy) is 1. The van der Waals surface area contributed by atoms with Gasteiger partial charge in [-0.3, -0.25) is 4.79 Å². The summed E-state index contributed by atoms with van der Waals surface area (Å²) in [4.78, 5) is 24.6. The van der Waals surface area contributed by atoms with E-state index >= 15 is 0 Å². The number of esters is 1. The second-order valence-corrected chi connectivity index (χ2v) is 6.49. The smallest absolute Gasteiger partial charge is 0.338 e. The van der Waals surface area contributed by atoms with Gasteiger partial charge in [0.1, 0.15) is 0 Å². The van der Waals surface area contributed by atoms with Crippen LogP contribution in [0.4, 0.5) is 0 Å². The highest BCUT2D eigenvalue weighted by Gasteiger charge is 2.17. The molecule has 144 valence electrons. The molecule has 0 aromatic heterocycles. The zero-order valence-corrected chi connectivity index (χ0v) is 15.7. The van der Waals surface area contributed by atoms with E-state index in [1.54, 1.807) is 18.2 Å². The number of hydrogen-bond acceptors (Lipinski definition) is 4. The van der Waals surface area contributed by atoms with Crippen LogP contribution in [0.3, 0.4) is 0 Å². The molecular weight excluding hydrogens is 364 g/mol. The molecule has 0 saturated carbocycles. The first-order chi connectivity index (χ1) is 14.2. The molecule has 1 unspecified atom stereocenters. The van der Waals surface area contributed by atoms with Gasteiger partial charge in [0.05, 0.1) is 23.2 Å². The maximum absolute atomic E-state index is 12.4. The average Bonchev–Trinajstić information content (AvgIpc) is 2.78. The minimum absolute atomic E-state index is 0.237. The molecule has 0 fully saturated rings. The minimum Gasteiger partial charge on any atom is -0.452 e. The summed E-state index contributed by atoms with van der Waals surface area (Å²) in [6, 6.07) is 27.4. The summed E-state index contributed by atoms with van der Waals surface area (Å²) in [6.07, 6.45) is 0.620. The highest BCUT2D eigenvalue weighted by Crippen LogP contribution is 2.18. The lowest BCUT2D eigenvalue weighted by molar-refractivity contribution is -0.125.